The lowest BCUT2D eigenvalue weighted by Crippen LogP contribution is -2.50. The summed E-state index contributed by atoms with van der Waals surface area (Å²) in [5.74, 6) is -0.303. The van der Waals surface area contributed by atoms with Gasteiger partial charge in [0.1, 0.15) is 12.2 Å². The summed E-state index contributed by atoms with van der Waals surface area (Å²) in [6, 6.07) is 7.38. The van der Waals surface area contributed by atoms with Gasteiger partial charge in [-0.3, -0.25) is 14.6 Å². The van der Waals surface area contributed by atoms with Crippen LogP contribution in [0.25, 0.3) is 11.0 Å². The zero-order chi connectivity index (χ0) is 14.1. The van der Waals surface area contributed by atoms with Gasteiger partial charge >= 0.3 is 0 Å². The minimum absolute atomic E-state index is 0.0571. The number of carbonyl (C=O) groups excluding carboxylic acids is 2. The van der Waals surface area contributed by atoms with Crippen LogP contribution in [0, 0.1) is 0 Å². The maximum atomic E-state index is 12.3. The van der Waals surface area contributed by atoms with Crippen molar-refractivity contribution in [2.75, 3.05) is 26.7 Å². The summed E-state index contributed by atoms with van der Waals surface area (Å²) in [6.07, 6.45) is 1.47. The van der Waals surface area contributed by atoms with Crippen LogP contribution < -0.4 is 0 Å². The second kappa shape index (κ2) is 4.88. The first-order valence-corrected chi connectivity index (χ1v) is 6.40. The fourth-order valence-corrected chi connectivity index (χ4v) is 2.15. The van der Waals surface area contributed by atoms with Gasteiger partial charge in [0.2, 0.25) is 5.91 Å². The lowest BCUT2D eigenvalue weighted by molar-refractivity contribution is -0.133. The Labute approximate surface area is 116 Å². The molecule has 1 aliphatic rings. The summed E-state index contributed by atoms with van der Waals surface area (Å²) in [5.41, 5.74) is 1.71. The van der Waals surface area contributed by atoms with Crippen molar-refractivity contribution in [3.63, 3.8) is 0 Å². The van der Waals surface area contributed by atoms with Crippen molar-refractivity contribution in [3.05, 3.63) is 36.2 Å². The standard InChI is InChI=1S/C14H14N4O2/c1-17-6-7-18(9-13(17)19)14(20)12-8-15-10-4-2-3-5-11(10)16-12/h2-5,8H,6-7,9H2,1H3. The average molecular weight is 270 g/mol. The molecule has 20 heavy (non-hydrogen) atoms. The molecule has 0 unspecified atom stereocenters. The molecule has 6 nitrogen and oxygen atoms in total. The Balaban J connectivity index is 1.87. The Bertz CT molecular complexity index is 686. The average Bonchev–Trinajstić information content (AvgIpc) is 2.49. The molecule has 1 saturated heterocycles. The Kier molecular flexibility index (Phi) is 3.06. The molecule has 0 spiro atoms. The molecule has 0 aliphatic carbocycles. The lowest BCUT2D eigenvalue weighted by Gasteiger charge is -2.31. The zero-order valence-electron chi connectivity index (χ0n) is 11.1. The number of nitrogens with zero attached hydrogens (tertiary/aromatic N) is 4. The first-order chi connectivity index (χ1) is 9.65. The largest absolute Gasteiger partial charge is 0.342 e. The SMILES string of the molecule is CN1CCN(C(=O)c2cnc3ccccc3n2)CC1=O. The maximum Gasteiger partial charge on any atom is 0.274 e. The molecule has 0 saturated carbocycles. The molecular formula is C14H14N4O2. The van der Waals surface area contributed by atoms with Crippen molar-refractivity contribution >= 4 is 22.8 Å². The molecule has 1 aliphatic heterocycles. The number of hydrogen-bond donors (Lipinski definition) is 0. The molecular weight excluding hydrogens is 256 g/mol. The molecule has 1 fully saturated rings. The Hall–Kier alpha value is -2.50. The second-order valence-electron chi connectivity index (χ2n) is 4.79. The van der Waals surface area contributed by atoms with Gasteiger partial charge in [-0.05, 0) is 12.1 Å². The number of para-hydroxylation sites is 2. The molecule has 2 aromatic rings. The van der Waals surface area contributed by atoms with Gasteiger partial charge in [0.05, 0.1) is 17.2 Å². The monoisotopic (exact) mass is 270 g/mol. The summed E-state index contributed by atoms with van der Waals surface area (Å²) in [6.45, 7) is 1.17. The van der Waals surface area contributed by atoms with Crippen molar-refractivity contribution in [1.29, 1.82) is 0 Å². The van der Waals surface area contributed by atoms with Crippen molar-refractivity contribution in [3.8, 4) is 0 Å². The van der Waals surface area contributed by atoms with E-state index in [0.717, 1.165) is 5.52 Å². The topological polar surface area (TPSA) is 66.4 Å². The number of likely N-dealkylation sites (N-methyl/N-ethyl adjacent to an activating group) is 1. The van der Waals surface area contributed by atoms with Crippen molar-refractivity contribution < 1.29 is 9.59 Å². The van der Waals surface area contributed by atoms with Crippen LogP contribution in [0.5, 0.6) is 0 Å². The molecule has 0 bridgehead atoms. The molecule has 2 amide bonds. The normalized spacial score (nSPS) is 15.8. The van der Waals surface area contributed by atoms with Gasteiger partial charge in [0.15, 0.2) is 0 Å². The third-order valence-corrected chi connectivity index (χ3v) is 3.41. The molecule has 6 heteroatoms. The maximum absolute atomic E-state index is 12.3. The third-order valence-electron chi connectivity index (χ3n) is 3.41. The van der Waals surface area contributed by atoms with Crippen LogP contribution >= 0.6 is 0 Å². The van der Waals surface area contributed by atoms with E-state index in [2.05, 4.69) is 9.97 Å². The molecule has 3 rings (SSSR count). The van der Waals surface area contributed by atoms with Crippen molar-refractivity contribution in [2.45, 2.75) is 0 Å². The van der Waals surface area contributed by atoms with Gasteiger partial charge in [0, 0.05) is 20.1 Å². The van der Waals surface area contributed by atoms with E-state index in [9.17, 15) is 9.59 Å². The van der Waals surface area contributed by atoms with Crippen LogP contribution in [-0.4, -0.2) is 58.3 Å². The van der Waals surface area contributed by atoms with Crippen LogP contribution in [0.3, 0.4) is 0 Å². The molecule has 102 valence electrons. The molecule has 0 radical (unpaired) electrons. The minimum Gasteiger partial charge on any atom is -0.342 e. The van der Waals surface area contributed by atoms with E-state index in [1.165, 1.54) is 11.1 Å². The minimum atomic E-state index is -0.246. The van der Waals surface area contributed by atoms with Crippen molar-refractivity contribution in [1.82, 2.24) is 19.8 Å². The highest BCUT2D eigenvalue weighted by molar-refractivity contribution is 5.96. The number of benzene rings is 1. The van der Waals surface area contributed by atoms with E-state index in [1.807, 2.05) is 24.3 Å². The van der Waals surface area contributed by atoms with E-state index >= 15 is 0 Å². The first kappa shape index (κ1) is 12.5. The van der Waals surface area contributed by atoms with E-state index in [1.54, 1.807) is 11.9 Å². The predicted molar refractivity (Wildman–Crippen MR) is 73.1 cm³/mol. The van der Waals surface area contributed by atoms with Crippen LogP contribution in [0.4, 0.5) is 0 Å². The highest BCUT2D eigenvalue weighted by Gasteiger charge is 2.26. The van der Waals surface area contributed by atoms with Gasteiger partial charge in [0.25, 0.3) is 5.91 Å². The summed E-state index contributed by atoms with van der Waals surface area (Å²) < 4.78 is 0. The highest BCUT2D eigenvalue weighted by Crippen LogP contribution is 2.11. The third kappa shape index (κ3) is 2.20. The Morgan fingerprint density at radius 2 is 1.95 bits per heavy atom. The lowest BCUT2D eigenvalue weighted by atomic mass is 10.2. The van der Waals surface area contributed by atoms with Crippen LogP contribution in [0.2, 0.25) is 0 Å². The number of fused-ring (bicyclic) bond motifs is 1. The van der Waals surface area contributed by atoms with E-state index in [-0.39, 0.29) is 24.1 Å². The van der Waals surface area contributed by atoms with Gasteiger partial charge in [-0.25, -0.2) is 4.98 Å². The van der Waals surface area contributed by atoms with Crippen LogP contribution in [-0.2, 0) is 4.79 Å². The van der Waals surface area contributed by atoms with Crippen LogP contribution in [0.1, 0.15) is 10.5 Å². The zero-order valence-corrected chi connectivity index (χ0v) is 11.1. The van der Waals surface area contributed by atoms with E-state index in [4.69, 9.17) is 0 Å². The summed E-state index contributed by atoms with van der Waals surface area (Å²) >= 11 is 0. The van der Waals surface area contributed by atoms with Gasteiger partial charge < -0.3 is 9.80 Å². The summed E-state index contributed by atoms with van der Waals surface area (Å²) in [7, 11) is 1.74. The summed E-state index contributed by atoms with van der Waals surface area (Å²) in [4.78, 5) is 35.7. The second-order valence-corrected chi connectivity index (χ2v) is 4.79. The highest BCUT2D eigenvalue weighted by atomic mass is 16.2. The molecule has 1 aromatic heterocycles. The smallest absolute Gasteiger partial charge is 0.274 e. The van der Waals surface area contributed by atoms with Crippen LogP contribution in [0.15, 0.2) is 30.5 Å². The summed E-state index contributed by atoms with van der Waals surface area (Å²) in [5, 5.41) is 0. The van der Waals surface area contributed by atoms with Gasteiger partial charge in [-0.2, -0.15) is 0 Å². The predicted octanol–water partition coefficient (Wildman–Crippen LogP) is 0.544. The van der Waals surface area contributed by atoms with E-state index < -0.39 is 0 Å². The number of rotatable bonds is 1. The molecule has 1 aromatic carbocycles. The number of hydrogen-bond acceptors (Lipinski definition) is 4. The fourth-order valence-electron chi connectivity index (χ4n) is 2.15. The number of carbonyl (C=O) groups is 2. The van der Waals surface area contributed by atoms with Gasteiger partial charge in [-0.1, -0.05) is 12.1 Å². The molecule has 2 heterocycles. The Morgan fingerprint density at radius 3 is 2.70 bits per heavy atom. The van der Waals surface area contributed by atoms with E-state index in [0.29, 0.717) is 18.6 Å². The van der Waals surface area contributed by atoms with Gasteiger partial charge in [-0.15, -0.1) is 0 Å². The van der Waals surface area contributed by atoms with Crippen molar-refractivity contribution in [2.24, 2.45) is 0 Å². The first-order valence-electron chi connectivity index (χ1n) is 6.40. The Morgan fingerprint density at radius 1 is 1.20 bits per heavy atom. The fraction of sp³-hybridized carbons (Fsp3) is 0.286. The number of piperazine rings is 1. The molecule has 0 atom stereocenters. The number of aromatic nitrogens is 2. The number of amides is 2. The quantitative estimate of drug-likeness (QED) is 0.758. The molecule has 0 N–H and O–H groups in total.